The molecular formula is C13H15N5O. The first-order valence-corrected chi connectivity index (χ1v) is 6.30. The number of benzene rings is 1. The van der Waals surface area contributed by atoms with Crippen LogP contribution in [0.15, 0.2) is 24.3 Å². The molecule has 2 heterocycles. The number of para-hydroxylation sites is 1. The molecule has 0 fully saturated rings. The molecule has 6 heteroatoms. The van der Waals surface area contributed by atoms with E-state index >= 15 is 0 Å². The minimum Gasteiger partial charge on any atom is -0.384 e. The first-order chi connectivity index (χ1) is 9.22. The Balaban J connectivity index is 1.65. The van der Waals surface area contributed by atoms with Crippen LogP contribution < -0.4 is 5.32 Å². The number of ketones is 1. The van der Waals surface area contributed by atoms with Crippen LogP contribution >= 0.6 is 0 Å². The zero-order valence-corrected chi connectivity index (χ0v) is 10.7. The molecule has 1 aromatic heterocycles. The van der Waals surface area contributed by atoms with E-state index in [1.54, 1.807) is 7.05 Å². The largest absolute Gasteiger partial charge is 0.384 e. The van der Waals surface area contributed by atoms with Gasteiger partial charge in [0, 0.05) is 24.6 Å². The summed E-state index contributed by atoms with van der Waals surface area (Å²) in [6, 6.07) is 8.13. The van der Waals surface area contributed by atoms with Gasteiger partial charge in [-0.15, -0.1) is 10.2 Å². The second kappa shape index (κ2) is 4.79. The minimum atomic E-state index is 0.150. The average Bonchev–Trinajstić information content (AvgIpc) is 2.97. The first-order valence-electron chi connectivity index (χ1n) is 6.30. The number of Topliss-reactive ketones (excluding diaryl/α,β-unsaturated/α-hetero) is 1. The lowest BCUT2D eigenvalue weighted by Gasteiger charge is -2.07. The lowest BCUT2D eigenvalue weighted by molar-refractivity contribution is -0.118. The molecule has 0 bridgehead atoms. The van der Waals surface area contributed by atoms with Gasteiger partial charge < -0.3 is 5.32 Å². The molecule has 0 spiro atoms. The molecule has 6 nitrogen and oxygen atoms in total. The van der Waals surface area contributed by atoms with E-state index in [9.17, 15) is 4.79 Å². The van der Waals surface area contributed by atoms with Crippen molar-refractivity contribution in [2.75, 3.05) is 11.9 Å². The number of rotatable bonds is 4. The summed E-state index contributed by atoms with van der Waals surface area (Å²) in [4.78, 5) is 13.4. The molecular weight excluding hydrogens is 242 g/mol. The highest BCUT2D eigenvalue weighted by Gasteiger charge is 2.24. The molecule has 1 aliphatic rings. The lowest BCUT2D eigenvalue weighted by Crippen LogP contribution is -2.12. The predicted octanol–water partition coefficient (Wildman–Crippen LogP) is 0.921. The van der Waals surface area contributed by atoms with Crippen LogP contribution in [0.4, 0.5) is 5.69 Å². The Hall–Kier alpha value is -2.24. The van der Waals surface area contributed by atoms with Crippen LogP contribution in [0.25, 0.3) is 0 Å². The molecule has 1 N–H and O–H groups in total. The van der Waals surface area contributed by atoms with Crippen molar-refractivity contribution in [3.8, 4) is 0 Å². The third-order valence-electron chi connectivity index (χ3n) is 3.32. The van der Waals surface area contributed by atoms with Crippen molar-refractivity contribution in [3.05, 3.63) is 35.7 Å². The smallest absolute Gasteiger partial charge is 0.182 e. The van der Waals surface area contributed by atoms with Crippen molar-refractivity contribution >= 4 is 11.5 Å². The van der Waals surface area contributed by atoms with Crippen molar-refractivity contribution in [3.63, 3.8) is 0 Å². The maximum atomic E-state index is 12.0. The van der Waals surface area contributed by atoms with Crippen LogP contribution in [-0.2, 0) is 18.3 Å². The average molecular weight is 257 g/mol. The molecule has 1 atom stereocenters. The molecule has 1 aliphatic heterocycles. The molecule has 0 aliphatic carbocycles. The fraction of sp³-hybridized carbons (Fsp3) is 0.385. The SMILES string of the molecule is Cn1nnc(CC(=O)CC2CNc3ccccc32)n1. The normalized spacial score (nSPS) is 17.0. The maximum absolute atomic E-state index is 12.0. The predicted molar refractivity (Wildman–Crippen MR) is 69.8 cm³/mol. The van der Waals surface area contributed by atoms with Gasteiger partial charge in [0.15, 0.2) is 5.82 Å². The topological polar surface area (TPSA) is 72.7 Å². The van der Waals surface area contributed by atoms with Gasteiger partial charge in [-0.25, -0.2) is 0 Å². The number of aromatic nitrogens is 4. The summed E-state index contributed by atoms with van der Waals surface area (Å²) in [5.41, 5.74) is 2.36. The van der Waals surface area contributed by atoms with Gasteiger partial charge in [0.1, 0.15) is 5.78 Å². The quantitative estimate of drug-likeness (QED) is 0.881. The zero-order chi connectivity index (χ0) is 13.2. The van der Waals surface area contributed by atoms with E-state index in [4.69, 9.17) is 0 Å². The standard InChI is InChI=1S/C13H15N5O/c1-18-16-13(15-17-18)7-10(19)6-9-8-14-12-5-3-2-4-11(9)12/h2-5,9,14H,6-8H2,1H3. The highest BCUT2D eigenvalue weighted by atomic mass is 16.1. The van der Waals surface area contributed by atoms with E-state index in [1.165, 1.54) is 10.4 Å². The Bertz CT molecular complexity index is 607. The molecule has 0 amide bonds. The van der Waals surface area contributed by atoms with E-state index in [0.29, 0.717) is 12.2 Å². The minimum absolute atomic E-state index is 0.150. The number of nitrogens with zero attached hydrogens (tertiary/aromatic N) is 4. The molecule has 3 rings (SSSR count). The van der Waals surface area contributed by atoms with E-state index in [-0.39, 0.29) is 18.1 Å². The van der Waals surface area contributed by atoms with Crippen LogP contribution in [0.3, 0.4) is 0 Å². The Morgan fingerprint density at radius 1 is 1.47 bits per heavy atom. The van der Waals surface area contributed by atoms with E-state index < -0.39 is 0 Å². The highest BCUT2D eigenvalue weighted by Crippen LogP contribution is 2.33. The Morgan fingerprint density at radius 3 is 3.11 bits per heavy atom. The summed E-state index contributed by atoms with van der Waals surface area (Å²) in [6.45, 7) is 0.818. The third kappa shape index (κ3) is 2.47. The highest BCUT2D eigenvalue weighted by molar-refractivity contribution is 5.81. The molecule has 0 radical (unpaired) electrons. The molecule has 2 aromatic rings. The number of nitrogens with one attached hydrogen (secondary N) is 1. The zero-order valence-electron chi connectivity index (χ0n) is 10.7. The van der Waals surface area contributed by atoms with Crippen molar-refractivity contribution < 1.29 is 4.79 Å². The number of hydrogen-bond acceptors (Lipinski definition) is 5. The van der Waals surface area contributed by atoms with Crippen molar-refractivity contribution in [1.29, 1.82) is 0 Å². The molecule has 98 valence electrons. The van der Waals surface area contributed by atoms with Gasteiger partial charge in [-0.3, -0.25) is 4.79 Å². The molecule has 1 aromatic carbocycles. The number of hydrogen-bond donors (Lipinski definition) is 1. The second-order valence-electron chi connectivity index (χ2n) is 4.78. The summed E-state index contributed by atoms with van der Waals surface area (Å²) >= 11 is 0. The second-order valence-corrected chi connectivity index (χ2v) is 4.78. The monoisotopic (exact) mass is 257 g/mol. The van der Waals surface area contributed by atoms with Crippen LogP contribution in [-0.4, -0.2) is 32.5 Å². The van der Waals surface area contributed by atoms with Gasteiger partial charge >= 0.3 is 0 Å². The van der Waals surface area contributed by atoms with Crippen molar-refractivity contribution in [2.45, 2.75) is 18.8 Å². The lowest BCUT2D eigenvalue weighted by atomic mass is 9.95. The van der Waals surface area contributed by atoms with Crippen LogP contribution in [0.5, 0.6) is 0 Å². The number of tetrazole rings is 1. The summed E-state index contributed by atoms with van der Waals surface area (Å²) in [7, 11) is 1.69. The van der Waals surface area contributed by atoms with Gasteiger partial charge in [0.25, 0.3) is 0 Å². The number of carbonyl (C=O) groups excluding carboxylic acids is 1. The van der Waals surface area contributed by atoms with Gasteiger partial charge in [-0.05, 0) is 16.8 Å². The molecule has 0 saturated heterocycles. The maximum Gasteiger partial charge on any atom is 0.182 e. The molecule has 0 saturated carbocycles. The summed E-state index contributed by atoms with van der Waals surface area (Å²) < 4.78 is 0. The van der Waals surface area contributed by atoms with E-state index in [2.05, 4.69) is 26.8 Å². The first kappa shape index (κ1) is 11.8. The van der Waals surface area contributed by atoms with Crippen LogP contribution in [0.1, 0.15) is 23.7 Å². The molecule has 19 heavy (non-hydrogen) atoms. The van der Waals surface area contributed by atoms with Crippen molar-refractivity contribution in [1.82, 2.24) is 20.2 Å². The van der Waals surface area contributed by atoms with Gasteiger partial charge in [0.2, 0.25) is 0 Å². The molecule has 1 unspecified atom stereocenters. The third-order valence-corrected chi connectivity index (χ3v) is 3.32. The van der Waals surface area contributed by atoms with Gasteiger partial charge in [0.05, 0.1) is 13.5 Å². The van der Waals surface area contributed by atoms with E-state index in [1.807, 2.05) is 18.2 Å². The number of fused-ring (bicyclic) bond motifs is 1. The Labute approximate surface area is 110 Å². The van der Waals surface area contributed by atoms with Crippen LogP contribution in [0.2, 0.25) is 0 Å². The van der Waals surface area contributed by atoms with Crippen molar-refractivity contribution in [2.24, 2.45) is 7.05 Å². The summed E-state index contributed by atoms with van der Waals surface area (Å²) in [6.07, 6.45) is 0.773. The van der Waals surface area contributed by atoms with Gasteiger partial charge in [-0.1, -0.05) is 18.2 Å². The fourth-order valence-electron chi connectivity index (χ4n) is 2.46. The number of carbonyl (C=O) groups is 1. The Kier molecular flexibility index (Phi) is 2.98. The summed E-state index contributed by atoms with van der Waals surface area (Å²) in [5.74, 6) is 0.892. The Morgan fingerprint density at radius 2 is 2.32 bits per heavy atom. The summed E-state index contributed by atoms with van der Waals surface area (Å²) in [5, 5.41) is 14.9. The number of aryl methyl sites for hydroxylation is 1. The fourth-order valence-corrected chi connectivity index (χ4v) is 2.46. The van der Waals surface area contributed by atoms with E-state index in [0.717, 1.165) is 12.2 Å². The number of anilines is 1. The van der Waals surface area contributed by atoms with Gasteiger partial charge in [-0.2, -0.15) is 4.80 Å². The van der Waals surface area contributed by atoms with Crippen LogP contribution in [0, 0.1) is 0 Å².